The van der Waals surface area contributed by atoms with Crippen LogP contribution in [-0.2, 0) is 9.53 Å². The van der Waals surface area contributed by atoms with Crippen molar-refractivity contribution in [2.45, 2.75) is 26.3 Å². The van der Waals surface area contributed by atoms with E-state index in [4.69, 9.17) is 10.5 Å². The molecule has 0 saturated carbocycles. The van der Waals surface area contributed by atoms with Gasteiger partial charge in [-0.25, -0.2) is 0 Å². The molecule has 1 amide bonds. The monoisotopic (exact) mass is 292 g/mol. The van der Waals surface area contributed by atoms with E-state index in [2.05, 4.69) is 19.1 Å². The van der Waals surface area contributed by atoms with Crippen LogP contribution in [0.2, 0.25) is 0 Å². The Morgan fingerprint density at radius 1 is 1.29 bits per heavy atom. The van der Waals surface area contributed by atoms with Crippen molar-refractivity contribution in [1.29, 1.82) is 0 Å². The number of amides is 1. The first-order valence-corrected chi connectivity index (χ1v) is 7.20. The van der Waals surface area contributed by atoms with Gasteiger partial charge in [0.1, 0.15) is 0 Å². The highest BCUT2D eigenvalue weighted by Crippen LogP contribution is 1.92. The smallest absolute Gasteiger partial charge is 0.210 e. The fourth-order valence-corrected chi connectivity index (χ4v) is 1.45. The van der Waals surface area contributed by atoms with Crippen LogP contribution in [0.1, 0.15) is 18.9 Å². The number of hydrogen-bond acceptors (Lipinski definition) is 3. The van der Waals surface area contributed by atoms with Gasteiger partial charge in [0, 0.05) is 26.2 Å². The largest absolute Gasteiger partial charge is 0.383 e. The Labute approximate surface area is 128 Å². The summed E-state index contributed by atoms with van der Waals surface area (Å²) in [4.78, 5) is 12.2. The maximum atomic E-state index is 10.6. The van der Waals surface area contributed by atoms with Gasteiger partial charge in [0.05, 0.1) is 6.61 Å². The van der Waals surface area contributed by atoms with Crippen LogP contribution in [0.5, 0.6) is 0 Å². The molecule has 1 aromatic carbocycles. The molecule has 1 aromatic rings. The quantitative estimate of drug-likeness (QED) is 0.591. The third-order valence-corrected chi connectivity index (χ3v) is 2.69. The first-order valence-electron chi connectivity index (χ1n) is 7.20. The first-order chi connectivity index (χ1) is 10.1. The van der Waals surface area contributed by atoms with Gasteiger partial charge < -0.3 is 15.4 Å². The fraction of sp³-hybridized carbons (Fsp3) is 0.471. The molecule has 118 valence electrons. The zero-order valence-corrected chi connectivity index (χ0v) is 13.4. The summed E-state index contributed by atoms with van der Waals surface area (Å²) in [6.07, 6.45) is 5.62. The molecule has 4 heteroatoms. The number of nitrogens with zero attached hydrogens (tertiary/aromatic N) is 1. The number of aryl methyl sites for hydroxylation is 1. The molecule has 0 aliphatic heterocycles. The predicted octanol–water partition coefficient (Wildman–Crippen LogP) is 2.38. The molecule has 1 atom stereocenters. The van der Waals surface area contributed by atoms with Crippen molar-refractivity contribution in [2.24, 2.45) is 5.73 Å². The average molecular weight is 292 g/mol. The summed E-state index contributed by atoms with van der Waals surface area (Å²) in [5.41, 5.74) is 6.89. The van der Waals surface area contributed by atoms with Gasteiger partial charge in [0.25, 0.3) is 0 Å². The fourth-order valence-electron chi connectivity index (χ4n) is 1.45. The topological polar surface area (TPSA) is 55.6 Å². The van der Waals surface area contributed by atoms with Crippen molar-refractivity contribution in [3.63, 3.8) is 0 Å². The van der Waals surface area contributed by atoms with E-state index in [0.29, 0.717) is 19.7 Å². The highest BCUT2D eigenvalue weighted by atomic mass is 16.5. The molecule has 0 saturated heterocycles. The number of hydrogen-bond donors (Lipinski definition) is 1. The van der Waals surface area contributed by atoms with Gasteiger partial charge in [0.2, 0.25) is 6.41 Å². The van der Waals surface area contributed by atoms with Crippen LogP contribution in [0.15, 0.2) is 42.5 Å². The molecule has 0 bridgehead atoms. The summed E-state index contributed by atoms with van der Waals surface area (Å²) in [5, 5.41) is 0. The van der Waals surface area contributed by atoms with Gasteiger partial charge in [-0.3, -0.25) is 4.79 Å². The van der Waals surface area contributed by atoms with Crippen molar-refractivity contribution >= 4 is 6.41 Å². The lowest BCUT2D eigenvalue weighted by Crippen LogP contribution is -2.26. The van der Waals surface area contributed by atoms with Crippen LogP contribution < -0.4 is 5.73 Å². The SMILES string of the molecule is COCCN(C=O)C/C=C\CC(C)N.Cc1ccccc1. The number of benzene rings is 1. The van der Waals surface area contributed by atoms with Gasteiger partial charge in [-0.2, -0.15) is 0 Å². The molecule has 4 nitrogen and oxygen atoms in total. The van der Waals surface area contributed by atoms with E-state index in [9.17, 15) is 4.79 Å². The second-order valence-corrected chi connectivity index (χ2v) is 4.93. The minimum atomic E-state index is 0.176. The number of carbonyl (C=O) groups excluding carboxylic acids is 1. The highest BCUT2D eigenvalue weighted by Gasteiger charge is 1.97. The summed E-state index contributed by atoms with van der Waals surface area (Å²) in [5.74, 6) is 0. The normalized spacial score (nSPS) is 11.6. The molecule has 1 unspecified atom stereocenters. The molecule has 2 N–H and O–H groups in total. The van der Waals surface area contributed by atoms with E-state index in [1.165, 1.54) is 5.56 Å². The maximum absolute atomic E-state index is 10.6. The minimum Gasteiger partial charge on any atom is -0.383 e. The van der Waals surface area contributed by atoms with Crippen molar-refractivity contribution < 1.29 is 9.53 Å². The van der Waals surface area contributed by atoms with Crippen molar-refractivity contribution in [1.82, 2.24) is 4.90 Å². The van der Waals surface area contributed by atoms with Crippen LogP contribution in [0.4, 0.5) is 0 Å². The van der Waals surface area contributed by atoms with Gasteiger partial charge >= 0.3 is 0 Å². The standard InChI is InChI=1S/C10H20N2O2.C7H8/c1-10(11)5-3-4-6-12(9-13)7-8-14-2;1-7-5-3-2-4-6-7/h3-4,9-10H,5-8,11H2,1-2H3;2-6H,1H3/b4-3-;. The van der Waals surface area contributed by atoms with Gasteiger partial charge in [-0.1, -0.05) is 48.0 Å². The van der Waals surface area contributed by atoms with E-state index < -0.39 is 0 Å². The Kier molecular flexibility index (Phi) is 12.3. The lowest BCUT2D eigenvalue weighted by atomic mass is 10.2. The minimum absolute atomic E-state index is 0.176. The van der Waals surface area contributed by atoms with Crippen LogP contribution in [0.25, 0.3) is 0 Å². The summed E-state index contributed by atoms with van der Waals surface area (Å²) in [6, 6.07) is 10.4. The Hall–Kier alpha value is -1.65. The average Bonchev–Trinajstić information content (AvgIpc) is 2.48. The third-order valence-electron chi connectivity index (χ3n) is 2.69. The lowest BCUT2D eigenvalue weighted by Gasteiger charge is -2.13. The molecule has 21 heavy (non-hydrogen) atoms. The summed E-state index contributed by atoms with van der Waals surface area (Å²) >= 11 is 0. The van der Waals surface area contributed by atoms with Crippen molar-refractivity contribution in [2.75, 3.05) is 26.8 Å². The van der Waals surface area contributed by atoms with E-state index in [0.717, 1.165) is 12.8 Å². The Morgan fingerprint density at radius 3 is 2.38 bits per heavy atom. The second kappa shape index (κ2) is 13.3. The van der Waals surface area contributed by atoms with Crippen molar-refractivity contribution in [3.05, 3.63) is 48.0 Å². The number of ether oxygens (including phenoxy) is 1. The van der Waals surface area contributed by atoms with Crippen LogP contribution in [-0.4, -0.2) is 44.2 Å². The van der Waals surface area contributed by atoms with Gasteiger partial charge in [-0.05, 0) is 20.3 Å². The molecule has 0 aromatic heterocycles. The number of rotatable bonds is 8. The molecule has 0 radical (unpaired) electrons. The second-order valence-electron chi connectivity index (χ2n) is 4.93. The van der Waals surface area contributed by atoms with Crippen LogP contribution in [0.3, 0.4) is 0 Å². The molecule has 0 aliphatic carbocycles. The molecule has 0 spiro atoms. The van der Waals surface area contributed by atoms with Crippen LogP contribution >= 0.6 is 0 Å². The van der Waals surface area contributed by atoms with E-state index in [1.807, 2.05) is 37.3 Å². The molecular formula is C17H28N2O2. The zero-order chi connectivity index (χ0) is 15.9. The highest BCUT2D eigenvalue weighted by molar-refractivity contribution is 5.47. The van der Waals surface area contributed by atoms with Crippen LogP contribution in [0, 0.1) is 6.92 Å². The number of methoxy groups -OCH3 is 1. The molecule has 1 rings (SSSR count). The molecule has 0 fully saturated rings. The summed E-state index contributed by atoms with van der Waals surface area (Å²) in [6.45, 7) is 5.86. The number of nitrogens with two attached hydrogens (primary N) is 1. The van der Waals surface area contributed by atoms with Gasteiger partial charge in [0.15, 0.2) is 0 Å². The van der Waals surface area contributed by atoms with Crippen molar-refractivity contribution in [3.8, 4) is 0 Å². The molecule has 0 aliphatic rings. The Morgan fingerprint density at radius 2 is 1.95 bits per heavy atom. The third kappa shape index (κ3) is 13.1. The maximum Gasteiger partial charge on any atom is 0.210 e. The van der Waals surface area contributed by atoms with E-state index in [1.54, 1.807) is 12.0 Å². The Balaban J connectivity index is 0.000000471. The lowest BCUT2D eigenvalue weighted by molar-refractivity contribution is -0.118. The Bertz CT molecular complexity index is 378. The number of carbonyl (C=O) groups is 1. The summed E-state index contributed by atoms with van der Waals surface area (Å²) in [7, 11) is 1.62. The first kappa shape index (κ1) is 19.4. The molecule has 0 heterocycles. The zero-order valence-electron chi connectivity index (χ0n) is 13.4. The van der Waals surface area contributed by atoms with E-state index in [-0.39, 0.29) is 6.04 Å². The summed E-state index contributed by atoms with van der Waals surface area (Å²) < 4.78 is 4.87. The predicted molar refractivity (Wildman–Crippen MR) is 88.1 cm³/mol. The van der Waals surface area contributed by atoms with Gasteiger partial charge in [-0.15, -0.1) is 0 Å². The van der Waals surface area contributed by atoms with E-state index >= 15 is 0 Å². The molecular weight excluding hydrogens is 264 g/mol.